The van der Waals surface area contributed by atoms with Gasteiger partial charge >= 0.3 is 5.97 Å². The fourth-order valence-corrected chi connectivity index (χ4v) is 3.25. The van der Waals surface area contributed by atoms with Crippen molar-refractivity contribution in [3.8, 4) is 0 Å². The molecule has 1 unspecified atom stereocenters. The first-order valence-corrected chi connectivity index (χ1v) is 7.95. The fourth-order valence-electron chi connectivity index (χ4n) is 3.25. The SMILES string of the molecule is CC(CC(=O)c1ccc2c(c1)C(C)(C)CCC2(C)C)C(=O)O.[Zn]. The molecule has 0 bridgehead atoms. The molecule has 23 heavy (non-hydrogen) atoms. The van der Waals surface area contributed by atoms with Gasteiger partial charge in [0.05, 0.1) is 5.92 Å². The molecule has 0 aromatic heterocycles. The number of aliphatic carboxylic acids is 1. The normalized spacial score (nSPS) is 19.2. The summed E-state index contributed by atoms with van der Waals surface area (Å²) < 4.78 is 0. The molecule has 0 saturated carbocycles. The van der Waals surface area contributed by atoms with Crippen molar-refractivity contribution in [1.29, 1.82) is 0 Å². The Balaban J connectivity index is 0.00000264. The molecular weight excluding hydrogens is 342 g/mol. The van der Waals surface area contributed by atoms with E-state index in [4.69, 9.17) is 5.11 Å². The maximum absolute atomic E-state index is 12.4. The first-order chi connectivity index (χ1) is 10.0. The van der Waals surface area contributed by atoms with Gasteiger partial charge in [-0.1, -0.05) is 46.8 Å². The molecule has 1 N–H and O–H groups in total. The van der Waals surface area contributed by atoms with Crippen molar-refractivity contribution < 1.29 is 34.2 Å². The van der Waals surface area contributed by atoms with E-state index in [2.05, 4.69) is 33.8 Å². The average Bonchev–Trinajstić information content (AvgIpc) is 2.43. The summed E-state index contributed by atoms with van der Waals surface area (Å²) in [6.45, 7) is 10.5. The molecule has 1 aliphatic carbocycles. The minimum atomic E-state index is -0.923. The van der Waals surface area contributed by atoms with Crippen LogP contribution in [-0.2, 0) is 35.1 Å². The molecule has 1 aromatic carbocycles. The molecule has 122 valence electrons. The van der Waals surface area contributed by atoms with E-state index >= 15 is 0 Å². The topological polar surface area (TPSA) is 54.4 Å². The van der Waals surface area contributed by atoms with Gasteiger partial charge in [0.1, 0.15) is 0 Å². The van der Waals surface area contributed by atoms with Crippen molar-refractivity contribution in [3.05, 3.63) is 34.9 Å². The number of carboxylic acids is 1. The van der Waals surface area contributed by atoms with Gasteiger partial charge in [0.25, 0.3) is 0 Å². The number of carbonyl (C=O) groups is 2. The zero-order chi connectivity index (χ0) is 16.7. The zero-order valence-corrected chi connectivity index (χ0v) is 17.9. The largest absolute Gasteiger partial charge is 0.481 e. The first-order valence-electron chi connectivity index (χ1n) is 7.95. The summed E-state index contributed by atoms with van der Waals surface area (Å²) in [7, 11) is 0. The number of carboxylic acid groups (broad SMARTS) is 1. The second kappa shape index (κ2) is 6.85. The molecule has 1 aromatic rings. The molecule has 1 aliphatic rings. The Kier molecular flexibility index (Phi) is 5.96. The van der Waals surface area contributed by atoms with Crippen molar-refractivity contribution in [1.82, 2.24) is 0 Å². The summed E-state index contributed by atoms with van der Waals surface area (Å²) in [6.07, 6.45) is 2.28. The zero-order valence-electron chi connectivity index (χ0n) is 14.9. The summed E-state index contributed by atoms with van der Waals surface area (Å²) >= 11 is 0. The van der Waals surface area contributed by atoms with Crippen molar-refractivity contribution in [3.63, 3.8) is 0 Å². The van der Waals surface area contributed by atoms with Crippen LogP contribution in [0.1, 0.15) is 75.4 Å². The van der Waals surface area contributed by atoms with Gasteiger partial charge in [0, 0.05) is 31.5 Å². The maximum atomic E-state index is 12.4. The van der Waals surface area contributed by atoms with E-state index in [0.29, 0.717) is 5.56 Å². The summed E-state index contributed by atoms with van der Waals surface area (Å²) in [5.74, 6) is -1.65. The van der Waals surface area contributed by atoms with E-state index < -0.39 is 11.9 Å². The van der Waals surface area contributed by atoms with Crippen molar-refractivity contribution >= 4 is 11.8 Å². The van der Waals surface area contributed by atoms with Gasteiger partial charge in [-0.2, -0.15) is 0 Å². The molecule has 4 heteroatoms. The van der Waals surface area contributed by atoms with Gasteiger partial charge in [-0.25, -0.2) is 0 Å². The van der Waals surface area contributed by atoms with E-state index in [-0.39, 0.29) is 42.5 Å². The van der Waals surface area contributed by atoms with E-state index in [1.165, 1.54) is 11.1 Å². The third-order valence-electron chi connectivity index (χ3n) is 5.09. The average molecular weight is 368 g/mol. The number of Topliss-reactive ketones (excluding diaryl/α,β-unsaturated/α-hetero) is 1. The Morgan fingerprint density at radius 1 is 1.09 bits per heavy atom. The van der Waals surface area contributed by atoms with Crippen LogP contribution in [0.15, 0.2) is 18.2 Å². The third-order valence-corrected chi connectivity index (χ3v) is 5.09. The third kappa shape index (κ3) is 4.09. The Morgan fingerprint density at radius 2 is 1.61 bits per heavy atom. The smallest absolute Gasteiger partial charge is 0.306 e. The molecule has 0 saturated heterocycles. The van der Waals surface area contributed by atoms with Gasteiger partial charge in [0.2, 0.25) is 0 Å². The van der Waals surface area contributed by atoms with Gasteiger partial charge in [0.15, 0.2) is 5.78 Å². The number of ketones is 1. The number of hydrogen-bond donors (Lipinski definition) is 1. The van der Waals surface area contributed by atoms with Crippen LogP contribution in [0.4, 0.5) is 0 Å². The Morgan fingerprint density at radius 3 is 2.13 bits per heavy atom. The quantitative estimate of drug-likeness (QED) is 0.636. The van der Waals surface area contributed by atoms with Crippen LogP contribution < -0.4 is 0 Å². The number of carbonyl (C=O) groups excluding carboxylic acids is 1. The second-order valence-corrected chi connectivity index (χ2v) is 7.89. The van der Waals surface area contributed by atoms with Crippen LogP contribution in [0, 0.1) is 5.92 Å². The standard InChI is InChI=1S/C19H26O3.Zn/c1-12(17(21)22)10-16(20)13-6-7-14-15(11-13)19(4,5)9-8-18(14,2)3;/h6-7,11-12H,8-10H2,1-5H3,(H,21,22);. The van der Waals surface area contributed by atoms with E-state index in [1.807, 2.05) is 12.1 Å². The van der Waals surface area contributed by atoms with E-state index in [1.54, 1.807) is 6.92 Å². The Bertz CT molecular complexity index is 617. The molecule has 0 spiro atoms. The van der Waals surface area contributed by atoms with E-state index in [9.17, 15) is 9.59 Å². The second-order valence-electron chi connectivity index (χ2n) is 7.89. The monoisotopic (exact) mass is 366 g/mol. The molecule has 0 fully saturated rings. The fraction of sp³-hybridized carbons (Fsp3) is 0.579. The van der Waals surface area contributed by atoms with Gasteiger partial charge in [-0.05, 0) is 40.9 Å². The maximum Gasteiger partial charge on any atom is 0.306 e. The minimum Gasteiger partial charge on any atom is -0.481 e. The summed E-state index contributed by atoms with van der Waals surface area (Å²) in [6, 6.07) is 5.92. The predicted octanol–water partition coefficient (Wildman–Crippen LogP) is 4.33. The van der Waals surface area contributed by atoms with Crippen LogP contribution >= 0.6 is 0 Å². The van der Waals surface area contributed by atoms with Crippen LogP contribution in [0.3, 0.4) is 0 Å². The molecule has 3 nitrogen and oxygen atoms in total. The van der Waals surface area contributed by atoms with Crippen molar-refractivity contribution in [2.24, 2.45) is 5.92 Å². The number of rotatable bonds is 4. The Labute approximate surface area is 151 Å². The van der Waals surface area contributed by atoms with Crippen LogP contribution in [0.2, 0.25) is 0 Å². The van der Waals surface area contributed by atoms with Gasteiger partial charge in [-0.15, -0.1) is 0 Å². The van der Waals surface area contributed by atoms with Crippen molar-refractivity contribution in [2.45, 2.75) is 64.7 Å². The van der Waals surface area contributed by atoms with E-state index in [0.717, 1.165) is 12.8 Å². The molecule has 0 aliphatic heterocycles. The minimum absolute atomic E-state index is 0. The molecule has 0 radical (unpaired) electrons. The van der Waals surface area contributed by atoms with Crippen LogP contribution in [-0.4, -0.2) is 16.9 Å². The molecule has 1 atom stereocenters. The summed E-state index contributed by atoms with van der Waals surface area (Å²) in [4.78, 5) is 23.3. The first kappa shape index (κ1) is 20.0. The summed E-state index contributed by atoms with van der Waals surface area (Å²) in [5.41, 5.74) is 3.36. The number of hydrogen-bond acceptors (Lipinski definition) is 2. The number of fused-ring (bicyclic) bond motifs is 1. The van der Waals surface area contributed by atoms with Crippen LogP contribution in [0.25, 0.3) is 0 Å². The molecule has 2 rings (SSSR count). The Hall–Kier alpha value is -1.02. The molecule has 0 heterocycles. The molecular formula is C19H26O3Zn. The number of benzene rings is 1. The van der Waals surface area contributed by atoms with Crippen molar-refractivity contribution in [2.75, 3.05) is 0 Å². The summed E-state index contributed by atoms with van der Waals surface area (Å²) in [5, 5.41) is 8.97. The van der Waals surface area contributed by atoms with Gasteiger partial charge in [-0.3, -0.25) is 9.59 Å². The van der Waals surface area contributed by atoms with Crippen LogP contribution in [0.5, 0.6) is 0 Å². The molecule has 0 amide bonds. The van der Waals surface area contributed by atoms with Gasteiger partial charge < -0.3 is 5.11 Å². The predicted molar refractivity (Wildman–Crippen MR) is 87.5 cm³/mol.